The monoisotopic (exact) mass is 320 g/mol. The van der Waals surface area contributed by atoms with E-state index in [1.165, 1.54) is 24.4 Å². The third kappa shape index (κ3) is 3.18. The zero-order chi connectivity index (χ0) is 15.7. The first-order valence-corrected chi connectivity index (χ1v) is 7.25. The molecule has 5 nitrogen and oxygen atoms in total. The topological polar surface area (TPSA) is 72.2 Å². The molecular weight excluding hydrogens is 309 g/mol. The summed E-state index contributed by atoms with van der Waals surface area (Å²) in [6.45, 7) is 1.64. The fourth-order valence-corrected chi connectivity index (χ4v) is 2.56. The second kappa shape index (κ2) is 5.40. The van der Waals surface area contributed by atoms with Gasteiger partial charge in [-0.05, 0) is 19.1 Å². The van der Waals surface area contributed by atoms with Crippen LogP contribution in [-0.2, 0) is 16.4 Å². The number of hydrogen-bond acceptors (Lipinski definition) is 5. The number of alkyl halides is 3. The van der Waals surface area contributed by atoms with E-state index < -0.39 is 20.2 Å². The normalized spacial score (nSPS) is 12.4. The predicted octanol–water partition coefficient (Wildman–Crippen LogP) is 2.89. The highest BCUT2D eigenvalue weighted by atomic mass is 32.2. The molecule has 0 unspecified atom stereocenters. The van der Waals surface area contributed by atoms with E-state index in [1.54, 1.807) is 6.92 Å². The molecular formula is C12H11F3N2O3S. The maximum Gasteiger partial charge on any atom is 0.501 e. The van der Waals surface area contributed by atoms with Crippen LogP contribution in [0.5, 0.6) is 0 Å². The van der Waals surface area contributed by atoms with Crippen molar-refractivity contribution >= 4 is 15.5 Å². The summed E-state index contributed by atoms with van der Waals surface area (Å²) in [7, 11) is -5.42. The Morgan fingerprint density at radius 1 is 1.29 bits per heavy atom. The number of para-hydroxylation sites is 1. The third-order valence-electron chi connectivity index (χ3n) is 2.58. The Bertz CT molecular complexity index is 738. The summed E-state index contributed by atoms with van der Waals surface area (Å²) in [6.07, 6.45) is 1.45. The Morgan fingerprint density at radius 3 is 2.52 bits per heavy atom. The molecule has 1 aromatic carbocycles. The summed E-state index contributed by atoms with van der Waals surface area (Å²) in [5, 5.41) is 2.59. The van der Waals surface area contributed by atoms with Crippen LogP contribution in [0.2, 0.25) is 0 Å². The van der Waals surface area contributed by atoms with Crippen LogP contribution < -0.4 is 5.32 Å². The van der Waals surface area contributed by atoms with E-state index in [2.05, 4.69) is 10.3 Å². The Labute approximate surface area is 118 Å². The molecule has 1 heterocycles. The van der Waals surface area contributed by atoms with Crippen molar-refractivity contribution in [2.24, 2.45) is 0 Å². The van der Waals surface area contributed by atoms with Crippen LogP contribution in [0.3, 0.4) is 0 Å². The molecule has 1 N–H and O–H groups in total. The van der Waals surface area contributed by atoms with Crippen LogP contribution in [0.1, 0.15) is 11.7 Å². The molecule has 2 rings (SSSR count). The molecule has 0 aliphatic rings. The summed E-state index contributed by atoms with van der Waals surface area (Å²) in [4.78, 5) is 3.04. The zero-order valence-corrected chi connectivity index (χ0v) is 11.6. The lowest BCUT2D eigenvalue weighted by atomic mass is 10.3. The summed E-state index contributed by atoms with van der Waals surface area (Å²) < 4.78 is 66.0. The van der Waals surface area contributed by atoms with Crippen molar-refractivity contribution < 1.29 is 26.0 Å². The van der Waals surface area contributed by atoms with Gasteiger partial charge in [-0.1, -0.05) is 12.1 Å². The average molecular weight is 320 g/mol. The number of hydrogen-bond donors (Lipinski definition) is 1. The fraction of sp³-hybridized carbons (Fsp3) is 0.250. The van der Waals surface area contributed by atoms with E-state index in [1.807, 2.05) is 0 Å². The van der Waals surface area contributed by atoms with Crippen LogP contribution in [-0.4, -0.2) is 18.9 Å². The first kappa shape index (κ1) is 15.4. The zero-order valence-electron chi connectivity index (χ0n) is 10.8. The van der Waals surface area contributed by atoms with E-state index in [9.17, 15) is 21.6 Å². The van der Waals surface area contributed by atoms with Crippen LogP contribution in [0.4, 0.5) is 18.9 Å². The minimum atomic E-state index is -5.42. The van der Waals surface area contributed by atoms with Gasteiger partial charge in [-0.3, -0.25) is 0 Å². The first-order chi connectivity index (χ1) is 9.72. The molecule has 21 heavy (non-hydrogen) atoms. The highest BCUT2D eigenvalue weighted by Gasteiger charge is 2.47. The molecule has 1 aromatic heterocycles. The summed E-state index contributed by atoms with van der Waals surface area (Å²) in [5.41, 5.74) is -5.52. The maximum absolute atomic E-state index is 12.6. The molecule has 114 valence electrons. The number of nitrogens with one attached hydrogen (secondary N) is 1. The van der Waals surface area contributed by atoms with Gasteiger partial charge in [0.15, 0.2) is 0 Å². The minimum absolute atomic E-state index is 0.0295. The van der Waals surface area contributed by atoms with Crippen molar-refractivity contribution in [3.05, 3.63) is 42.1 Å². The van der Waals surface area contributed by atoms with Crippen LogP contribution in [0, 0.1) is 6.92 Å². The molecule has 0 aliphatic heterocycles. The number of oxazole rings is 1. The van der Waals surface area contributed by atoms with Gasteiger partial charge in [-0.25, -0.2) is 13.4 Å². The molecule has 0 bridgehead atoms. The van der Waals surface area contributed by atoms with Gasteiger partial charge in [0.2, 0.25) is 5.89 Å². The van der Waals surface area contributed by atoms with Crippen molar-refractivity contribution in [2.45, 2.75) is 23.9 Å². The van der Waals surface area contributed by atoms with Gasteiger partial charge in [0, 0.05) is 0 Å². The van der Waals surface area contributed by atoms with E-state index in [0.29, 0.717) is 5.76 Å². The molecule has 0 atom stereocenters. The number of rotatable bonds is 4. The van der Waals surface area contributed by atoms with Crippen LogP contribution >= 0.6 is 0 Å². The largest absolute Gasteiger partial charge is 0.501 e. The molecule has 9 heteroatoms. The standard InChI is InChI=1S/C12H11F3N2O3S/c1-8-6-17-11(20-8)7-16-9-4-2-3-5-10(9)21(18,19)12(13,14)15/h2-6,16H,7H2,1H3. The molecule has 2 aromatic rings. The summed E-state index contributed by atoms with van der Waals surface area (Å²) >= 11 is 0. The van der Waals surface area contributed by atoms with Crippen molar-refractivity contribution in [3.63, 3.8) is 0 Å². The molecule has 0 radical (unpaired) electrons. The van der Waals surface area contributed by atoms with Gasteiger partial charge in [0.1, 0.15) is 5.76 Å². The van der Waals surface area contributed by atoms with Gasteiger partial charge in [-0.15, -0.1) is 0 Å². The van der Waals surface area contributed by atoms with E-state index in [0.717, 1.165) is 6.07 Å². The van der Waals surface area contributed by atoms with Gasteiger partial charge < -0.3 is 9.73 Å². The average Bonchev–Trinajstić information content (AvgIpc) is 2.81. The highest BCUT2D eigenvalue weighted by molar-refractivity contribution is 7.92. The molecule has 0 saturated carbocycles. The summed E-state index contributed by atoms with van der Waals surface area (Å²) in [6, 6.07) is 4.79. The van der Waals surface area contributed by atoms with Crippen LogP contribution in [0.25, 0.3) is 0 Å². The number of halogens is 3. The van der Waals surface area contributed by atoms with Crippen molar-refractivity contribution in [3.8, 4) is 0 Å². The van der Waals surface area contributed by atoms with Crippen molar-refractivity contribution in [2.75, 3.05) is 5.32 Å². The van der Waals surface area contributed by atoms with Gasteiger partial charge in [-0.2, -0.15) is 13.2 Å². The number of anilines is 1. The van der Waals surface area contributed by atoms with Crippen LogP contribution in [0.15, 0.2) is 39.8 Å². The van der Waals surface area contributed by atoms with Gasteiger partial charge in [0.25, 0.3) is 9.84 Å². The SMILES string of the molecule is Cc1cnc(CNc2ccccc2S(=O)(=O)C(F)(F)F)o1. The Kier molecular flexibility index (Phi) is 3.95. The number of sulfone groups is 1. The predicted molar refractivity (Wildman–Crippen MR) is 68.2 cm³/mol. The third-order valence-corrected chi connectivity index (χ3v) is 4.12. The van der Waals surface area contributed by atoms with E-state index in [-0.39, 0.29) is 18.1 Å². The fourth-order valence-electron chi connectivity index (χ4n) is 1.63. The smallest absolute Gasteiger partial charge is 0.444 e. The lowest BCUT2D eigenvalue weighted by Crippen LogP contribution is -2.24. The lowest BCUT2D eigenvalue weighted by Gasteiger charge is -2.13. The number of benzene rings is 1. The first-order valence-electron chi connectivity index (χ1n) is 5.77. The molecule has 0 aliphatic carbocycles. The Morgan fingerprint density at radius 2 is 1.95 bits per heavy atom. The minimum Gasteiger partial charge on any atom is -0.444 e. The number of nitrogens with zero attached hydrogens (tertiary/aromatic N) is 1. The van der Waals surface area contributed by atoms with Crippen molar-refractivity contribution in [1.29, 1.82) is 0 Å². The second-order valence-corrected chi connectivity index (χ2v) is 6.07. The molecule has 0 spiro atoms. The van der Waals surface area contributed by atoms with E-state index in [4.69, 9.17) is 4.42 Å². The molecule has 0 saturated heterocycles. The second-order valence-electron chi connectivity index (χ2n) is 4.16. The molecule has 0 amide bonds. The summed E-state index contributed by atoms with van der Waals surface area (Å²) in [5.74, 6) is 0.787. The van der Waals surface area contributed by atoms with E-state index >= 15 is 0 Å². The van der Waals surface area contributed by atoms with Crippen molar-refractivity contribution in [1.82, 2.24) is 4.98 Å². The van der Waals surface area contributed by atoms with Gasteiger partial charge in [0.05, 0.1) is 23.3 Å². The Hall–Kier alpha value is -2.03. The number of aryl methyl sites for hydroxylation is 1. The quantitative estimate of drug-likeness (QED) is 0.938. The number of aromatic nitrogens is 1. The van der Waals surface area contributed by atoms with Gasteiger partial charge >= 0.3 is 5.51 Å². The highest BCUT2D eigenvalue weighted by Crippen LogP contribution is 2.34. The maximum atomic E-state index is 12.6. The Balaban J connectivity index is 2.30. The molecule has 0 fully saturated rings. The lowest BCUT2D eigenvalue weighted by molar-refractivity contribution is -0.0435.